The lowest BCUT2D eigenvalue weighted by molar-refractivity contribution is -0.139. The summed E-state index contributed by atoms with van der Waals surface area (Å²) in [5.41, 5.74) is 1.02. The standard InChI is InChI=1S/C12H15NO2.ClH/c1-2-8-13-11(12(14)15)9-10-6-4-3-5-7-10;/h2-7,11,13H,1,8-9H2,(H,14,15);1H. The van der Waals surface area contributed by atoms with E-state index in [1.807, 2.05) is 30.3 Å². The van der Waals surface area contributed by atoms with E-state index < -0.39 is 12.0 Å². The summed E-state index contributed by atoms with van der Waals surface area (Å²) in [7, 11) is 0. The maximum absolute atomic E-state index is 10.9. The topological polar surface area (TPSA) is 49.3 Å². The first kappa shape index (κ1) is 14.7. The fourth-order valence-corrected chi connectivity index (χ4v) is 1.32. The van der Waals surface area contributed by atoms with E-state index >= 15 is 0 Å². The van der Waals surface area contributed by atoms with Crippen LogP contribution < -0.4 is 5.32 Å². The Balaban J connectivity index is 0.00000225. The fraction of sp³-hybridized carbons (Fsp3) is 0.250. The van der Waals surface area contributed by atoms with Crippen LogP contribution in [0.25, 0.3) is 0 Å². The Bertz CT molecular complexity index is 327. The molecule has 0 aliphatic heterocycles. The third-order valence-electron chi connectivity index (χ3n) is 2.09. The van der Waals surface area contributed by atoms with E-state index in [0.717, 1.165) is 5.56 Å². The lowest BCUT2D eigenvalue weighted by atomic mass is 10.1. The van der Waals surface area contributed by atoms with Crippen LogP contribution in [0.1, 0.15) is 5.56 Å². The summed E-state index contributed by atoms with van der Waals surface area (Å²) in [6.07, 6.45) is 2.14. The molecule has 1 aromatic carbocycles. The van der Waals surface area contributed by atoms with Crippen LogP contribution in [0.3, 0.4) is 0 Å². The minimum absolute atomic E-state index is 0. The smallest absolute Gasteiger partial charge is 0.321 e. The molecule has 0 bridgehead atoms. The van der Waals surface area contributed by atoms with Crippen molar-refractivity contribution in [3.8, 4) is 0 Å². The molecule has 1 unspecified atom stereocenters. The molecule has 0 saturated carbocycles. The Hall–Kier alpha value is -1.32. The first-order chi connectivity index (χ1) is 7.24. The molecule has 2 N–H and O–H groups in total. The Morgan fingerprint density at radius 1 is 1.44 bits per heavy atom. The molecule has 0 saturated heterocycles. The number of aliphatic carboxylic acids is 1. The lowest BCUT2D eigenvalue weighted by Crippen LogP contribution is -2.38. The molecule has 1 atom stereocenters. The summed E-state index contributed by atoms with van der Waals surface area (Å²) >= 11 is 0. The second-order valence-electron chi connectivity index (χ2n) is 3.28. The number of rotatable bonds is 6. The van der Waals surface area contributed by atoms with E-state index in [0.29, 0.717) is 13.0 Å². The SMILES string of the molecule is C=CCNC(Cc1ccccc1)C(=O)O.Cl. The number of carboxylic acid groups (broad SMARTS) is 1. The van der Waals surface area contributed by atoms with E-state index in [2.05, 4.69) is 11.9 Å². The van der Waals surface area contributed by atoms with Gasteiger partial charge in [-0.25, -0.2) is 0 Å². The highest BCUT2D eigenvalue weighted by atomic mass is 35.5. The summed E-state index contributed by atoms with van der Waals surface area (Å²) in [6.45, 7) is 4.05. The van der Waals surface area contributed by atoms with Crippen molar-refractivity contribution < 1.29 is 9.90 Å². The minimum atomic E-state index is -0.833. The molecule has 3 nitrogen and oxygen atoms in total. The summed E-state index contributed by atoms with van der Waals surface area (Å²) in [6, 6.07) is 9.02. The largest absolute Gasteiger partial charge is 0.480 e. The lowest BCUT2D eigenvalue weighted by Gasteiger charge is -2.12. The molecule has 0 aromatic heterocycles. The molecule has 0 amide bonds. The van der Waals surface area contributed by atoms with Crippen molar-refractivity contribution in [3.63, 3.8) is 0 Å². The van der Waals surface area contributed by atoms with E-state index in [-0.39, 0.29) is 12.4 Å². The fourth-order valence-electron chi connectivity index (χ4n) is 1.32. The molecule has 0 aliphatic carbocycles. The monoisotopic (exact) mass is 241 g/mol. The van der Waals surface area contributed by atoms with Crippen LogP contribution in [0.15, 0.2) is 43.0 Å². The van der Waals surface area contributed by atoms with E-state index in [4.69, 9.17) is 5.11 Å². The third kappa shape index (κ3) is 4.96. The second-order valence-corrected chi connectivity index (χ2v) is 3.28. The van der Waals surface area contributed by atoms with E-state index in [1.54, 1.807) is 6.08 Å². The van der Waals surface area contributed by atoms with Gasteiger partial charge in [-0.3, -0.25) is 4.79 Å². The van der Waals surface area contributed by atoms with Crippen LogP contribution in [0.4, 0.5) is 0 Å². The number of carboxylic acids is 1. The Morgan fingerprint density at radius 2 is 2.06 bits per heavy atom. The van der Waals surface area contributed by atoms with Crippen LogP contribution >= 0.6 is 12.4 Å². The zero-order valence-corrected chi connectivity index (χ0v) is 9.74. The van der Waals surface area contributed by atoms with Gasteiger partial charge >= 0.3 is 5.97 Å². The maximum Gasteiger partial charge on any atom is 0.321 e. The maximum atomic E-state index is 10.9. The van der Waals surface area contributed by atoms with Gasteiger partial charge in [0.05, 0.1) is 0 Å². The van der Waals surface area contributed by atoms with Crippen LogP contribution in [0, 0.1) is 0 Å². The van der Waals surface area contributed by atoms with Gasteiger partial charge in [0.25, 0.3) is 0 Å². The Morgan fingerprint density at radius 3 is 2.56 bits per heavy atom. The van der Waals surface area contributed by atoms with Crippen molar-refractivity contribution in [2.24, 2.45) is 0 Å². The number of carbonyl (C=O) groups is 1. The molecule has 0 spiro atoms. The van der Waals surface area contributed by atoms with Crippen LogP contribution in [-0.2, 0) is 11.2 Å². The minimum Gasteiger partial charge on any atom is -0.480 e. The van der Waals surface area contributed by atoms with Crippen LogP contribution in [0.2, 0.25) is 0 Å². The normalized spacial score (nSPS) is 11.2. The predicted octanol–water partition coefficient (Wildman–Crippen LogP) is 1.88. The molecule has 1 rings (SSSR count). The first-order valence-electron chi connectivity index (χ1n) is 4.85. The number of nitrogens with one attached hydrogen (secondary N) is 1. The molecule has 0 fully saturated rings. The van der Waals surface area contributed by atoms with Gasteiger partial charge in [0.1, 0.15) is 6.04 Å². The average molecular weight is 242 g/mol. The van der Waals surface area contributed by atoms with Crippen molar-refractivity contribution in [1.82, 2.24) is 5.32 Å². The molecule has 16 heavy (non-hydrogen) atoms. The van der Waals surface area contributed by atoms with Crippen molar-refractivity contribution in [1.29, 1.82) is 0 Å². The zero-order chi connectivity index (χ0) is 11.1. The van der Waals surface area contributed by atoms with Gasteiger partial charge in [0.2, 0.25) is 0 Å². The molecular formula is C12H16ClNO2. The number of halogens is 1. The summed E-state index contributed by atoms with van der Waals surface area (Å²) in [5, 5.41) is 11.9. The van der Waals surface area contributed by atoms with E-state index in [1.165, 1.54) is 0 Å². The highest BCUT2D eigenvalue weighted by Gasteiger charge is 2.15. The number of hydrogen-bond acceptors (Lipinski definition) is 2. The molecule has 0 heterocycles. The highest BCUT2D eigenvalue weighted by Crippen LogP contribution is 2.03. The molecule has 0 aliphatic rings. The Kier molecular flexibility index (Phi) is 7.25. The van der Waals surface area contributed by atoms with Gasteiger partial charge in [0, 0.05) is 6.54 Å². The van der Waals surface area contributed by atoms with Gasteiger partial charge in [-0.15, -0.1) is 19.0 Å². The van der Waals surface area contributed by atoms with Gasteiger partial charge < -0.3 is 10.4 Å². The summed E-state index contributed by atoms with van der Waals surface area (Å²) < 4.78 is 0. The first-order valence-corrected chi connectivity index (χ1v) is 4.85. The quantitative estimate of drug-likeness (QED) is 0.748. The van der Waals surface area contributed by atoms with Crippen molar-refractivity contribution in [3.05, 3.63) is 48.6 Å². The van der Waals surface area contributed by atoms with Gasteiger partial charge in [-0.2, -0.15) is 0 Å². The number of hydrogen-bond donors (Lipinski definition) is 2. The van der Waals surface area contributed by atoms with Crippen LogP contribution in [0.5, 0.6) is 0 Å². The molecule has 88 valence electrons. The van der Waals surface area contributed by atoms with Gasteiger partial charge in [0.15, 0.2) is 0 Å². The number of benzene rings is 1. The average Bonchev–Trinajstić information content (AvgIpc) is 2.25. The second kappa shape index (κ2) is 7.91. The Labute approximate surface area is 102 Å². The molecular weight excluding hydrogens is 226 g/mol. The molecule has 0 radical (unpaired) electrons. The van der Waals surface area contributed by atoms with Gasteiger partial charge in [-0.05, 0) is 12.0 Å². The van der Waals surface area contributed by atoms with Crippen molar-refractivity contribution >= 4 is 18.4 Å². The third-order valence-corrected chi connectivity index (χ3v) is 2.09. The van der Waals surface area contributed by atoms with Crippen molar-refractivity contribution in [2.45, 2.75) is 12.5 Å². The molecule has 1 aromatic rings. The summed E-state index contributed by atoms with van der Waals surface area (Å²) in [5.74, 6) is -0.833. The summed E-state index contributed by atoms with van der Waals surface area (Å²) in [4.78, 5) is 10.9. The van der Waals surface area contributed by atoms with Gasteiger partial charge in [-0.1, -0.05) is 36.4 Å². The highest BCUT2D eigenvalue weighted by molar-refractivity contribution is 5.85. The van der Waals surface area contributed by atoms with E-state index in [9.17, 15) is 4.79 Å². The zero-order valence-electron chi connectivity index (χ0n) is 8.93. The predicted molar refractivity (Wildman–Crippen MR) is 67.0 cm³/mol. The molecule has 4 heteroatoms. The van der Waals surface area contributed by atoms with Crippen molar-refractivity contribution in [2.75, 3.05) is 6.54 Å². The van der Waals surface area contributed by atoms with Crippen LogP contribution in [-0.4, -0.2) is 23.7 Å².